The Balaban J connectivity index is 1.10. The van der Waals surface area contributed by atoms with E-state index in [0.717, 1.165) is 55.9 Å². The van der Waals surface area contributed by atoms with Crippen LogP contribution in [0.5, 0.6) is 0 Å². The molecule has 3 heteroatoms. The van der Waals surface area contributed by atoms with Gasteiger partial charge >= 0.3 is 0 Å². The summed E-state index contributed by atoms with van der Waals surface area (Å²) in [6, 6.07) is 63.9. The molecular formula is C48H30N2O. The Labute approximate surface area is 295 Å². The number of rotatable bonds is 5. The maximum absolute atomic E-state index is 6.22. The predicted molar refractivity (Wildman–Crippen MR) is 212 cm³/mol. The smallest absolute Gasteiger partial charge is 0.160 e. The molecule has 0 saturated carbocycles. The third-order valence-corrected chi connectivity index (χ3v) is 9.87. The van der Waals surface area contributed by atoms with Crippen molar-refractivity contribution in [1.82, 2.24) is 9.97 Å². The van der Waals surface area contributed by atoms with Crippen LogP contribution in [0.4, 0.5) is 0 Å². The van der Waals surface area contributed by atoms with Gasteiger partial charge in [-0.15, -0.1) is 0 Å². The van der Waals surface area contributed by atoms with E-state index in [4.69, 9.17) is 14.4 Å². The number of nitrogens with zero attached hydrogens (tertiary/aromatic N) is 2. The second-order valence-corrected chi connectivity index (χ2v) is 13.0. The normalized spacial score (nSPS) is 11.5. The fourth-order valence-electron chi connectivity index (χ4n) is 7.35. The van der Waals surface area contributed by atoms with Gasteiger partial charge < -0.3 is 4.42 Å². The number of aromatic nitrogens is 2. The van der Waals surface area contributed by atoms with Gasteiger partial charge in [0, 0.05) is 27.6 Å². The molecule has 0 spiro atoms. The highest BCUT2D eigenvalue weighted by Gasteiger charge is 2.15. The molecule has 0 aliphatic heterocycles. The summed E-state index contributed by atoms with van der Waals surface area (Å²) in [6.07, 6.45) is 0. The number of hydrogen-bond acceptors (Lipinski definition) is 3. The Hall–Kier alpha value is -6.84. The first kappa shape index (κ1) is 29.1. The van der Waals surface area contributed by atoms with Gasteiger partial charge in [-0.1, -0.05) is 152 Å². The minimum atomic E-state index is 0.681. The maximum atomic E-state index is 6.22. The van der Waals surface area contributed by atoms with Crippen LogP contribution in [0.1, 0.15) is 0 Å². The van der Waals surface area contributed by atoms with Crippen molar-refractivity contribution in [3.63, 3.8) is 0 Å². The second-order valence-electron chi connectivity index (χ2n) is 13.0. The van der Waals surface area contributed by atoms with Crippen LogP contribution in [-0.4, -0.2) is 9.97 Å². The number of hydrogen-bond donors (Lipinski definition) is 0. The Morgan fingerprint density at radius 2 is 0.980 bits per heavy atom. The van der Waals surface area contributed by atoms with Gasteiger partial charge in [-0.25, -0.2) is 9.97 Å². The van der Waals surface area contributed by atoms with Crippen LogP contribution in [0.15, 0.2) is 186 Å². The molecule has 0 fully saturated rings. The van der Waals surface area contributed by atoms with Gasteiger partial charge in [0.2, 0.25) is 0 Å². The molecule has 0 N–H and O–H groups in total. The molecular weight excluding hydrogens is 621 g/mol. The third-order valence-electron chi connectivity index (χ3n) is 9.87. The third kappa shape index (κ3) is 5.15. The van der Waals surface area contributed by atoms with Gasteiger partial charge in [-0.3, -0.25) is 0 Å². The van der Waals surface area contributed by atoms with Gasteiger partial charge in [0.25, 0.3) is 0 Å². The molecule has 51 heavy (non-hydrogen) atoms. The van der Waals surface area contributed by atoms with Crippen molar-refractivity contribution in [3.8, 4) is 56.4 Å². The molecule has 2 aromatic heterocycles. The van der Waals surface area contributed by atoms with Crippen molar-refractivity contribution in [1.29, 1.82) is 0 Å². The van der Waals surface area contributed by atoms with Crippen molar-refractivity contribution in [2.45, 2.75) is 0 Å². The van der Waals surface area contributed by atoms with E-state index in [-0.39, 0.29) is 0 Å². The Kier molecular flexibility index (Phi) is 6.81. The number of para-hydroxylation sites is 1. The van der Waals surface area contributed by atoms with Crippen LogP contribution in [-0.2, 0) is 0 Å². The fourth-order valence-corrected chi connectivity index (χ4v) is 7.35. The van der Waals surface area contributed by atoms with Crippen LogP contribution < -0.4 is 0 Å². The molecule has 0 aliphatic rings. The molecule has 2 heterocycles. The molecule has 0 amide bonds. The van der Waals surface area contributed by atoms with Crippen LogP contribution >= 0.6 is 0 Å². The Bertz CT molecular complexity index is 2870. The molecule has 0 bridgehead atoms. The zero-order valence-electron chi connectivity index (χ0n) is 27.6. The number of furan rings is 1. The van der Waals surface area contributed by atoms with Gasteiger partial charge in [-0.2, -0.15) is 0 Å². The molecule has 0 radical (unpaired) electrons. The van der Waals surface area contributed by atoms with Crippen molar-refractivity contribution >= 4 is 43.3 Å². The lowest BCUT2D eigenvalue weighted by Crippen LogP contribution is -1.96. The van der Waals surface area contributed by atoms with Crippen molar-refractivity contribution in [2.75, 3.05) is 0 Å². The molecule has 0 aliphatic carbocycles. The van der Waals surface area contributed by atoms with Crippen LogP contribution in [0.2, 0.25) is 0 Å². The highest BCUT2D eigenvalue weighted by Crippen LogP contribution is 2.40. The summed E-state index contributed by atoms with van der Waals surface area (Å²) in [4.78, 5) is 10.3. The minimum absolute atomic E-state index is 0.681. The van der Waals surface area contributed by atoms with E-state index in [9.17, 15) is 0 Å². The van der Waals surface area contributed by atoms with Crippen LogP contribution in [0, 0.1) is 0 Å². The average Bonchev–Trinajstić information content (AvgIpc) is 3.65. The molecule has 10 aromatic rings. The maximum Gasteiger partial charge on any atom is 0.160 e. The summed E-state index contributed by atoms with van der Waals surface area (Å²) >= 11 is 0. The first-order valence-corrected chi connectivity index (χ1v) is 17.2. The minimum Gasteiger partial charge on any atom is -0.456 e. The molecule has 10 rings (SSSR count). The standard InChI is InChI=1S/C48H30N2O/c1-2-12-32(13-3-1)43-30-44(36-16-10-17-37(27-36)46-29-38-15-6-9-20-45(38)51-46)50-48(49-43)34-23-21-33(22-24-34)47-40-19-8-5-14-35(40)28-42-39-18-7-4-11-31(39)25-26-41(42)47/h1-30H. The summed E-state index contributed by atoms with van der Waals surface area (Å²) in [5.41, 5.74) is 9.01. The summed E-state index contributed by atoms with van der Waals surface area (Å²) in [6.45, 7) is 0. The molecule has 8 aromatic carbocycles. The molecule has 0 atom stereocenters. The van der Waals surface area contributed by atoms with Crippen molar-refractivity contribution in [2.24, 2.45) is 0 Å². The topological polar surface area (TPSA) is 38.9 Å². The highest BCUT2D eigenvalue weighted by atomic mass is 16.3. The predicted octanol–water partition coefficient (Wildman–Crippen LogP) is 13.0. The lowest BCUT2D eigenvalue weighted by molar-refractivity contribution is 0.631. The summed E-state index contributed by atoms with van der Waals surface area (Å²) in [7, 11) is 0. The SMILES string of the molecule is c1ccc(-c2cc(-c3cccc(-c4cc5ccccc5o4)c3)nc(-c3ccc(-c4c5ccccc5cc5c4ccc4ccccc45)cc3)n2)cc1. The van der Waals surface area contributed by atoms with Crippen molar-refractivity contribution < 1.29 is 4.42 Å². The fraction of sp³-hybridized carbons (Fsp3) is 0. The quantitative estimate of drug-likeness (QED) is 0.137. The van der Waals surface area contributed by atoms with E-state index in [1.165, 1.54) is 37.9 Å². The zero-order valence-corrected chi connectivity index (χ0v) is 27.6. The highest BCUT2D eigenvalue weighted by molar-refractivity contribution is 6.20. The van der Waals surface area contributed by atoms with Gasteiger partial charge in [-0.05, 0) is 73.8 Å². The average molecular weight is 651 g/mol. The summed E-state index contributed by atoms with van der Waals surface area (Å²) in [5, 5.41) is 8.57. The summed E-state index contributed by atoms with van der Waals surface area (Å²) < 4.78 is 6.22. The van der Waals surface area contributed by atoms with Crippen LogP contribution in [0.3, 0.4) is 0 Å². The van der Waals surface area contributed by atoms with Gasteiger partial charge in [0.1, 0.15) is 11.3 Å². The molecule has 3 nitrogen and oxygen atoms in total. The molecule has 238 valence electrons. The zero-order chi connectivity index (χ0) is 33.7. The lowest BCUT2D eigenvalue weighted by atomic mass is 9.89. The monoisotopic (exact) mass is 650 g/mol. The first-order valence-electron chi connectivity index (χ1n) is 17.2. The van der Waals surface area contributed by atoms with E-state index in [1.54, 1.807) is 0 Å². The second kappa shape index (κ2) is 11.9. The van der Waals surface area contributed by atoms with E-state index in [2.05, 4.69) is 146 Å². The summed E-state index contributed by atoms with van der Waals surface area (Å²) in [5.74, 6) is 1.51. The number of benzene rings is 8. The first-order chi connectivity index (χ1) is 25.2. The lowest BCUT2D eigenvalue weighted by Gasteiger charge is -2.15. The Morgan fingerprint density at radius 1 is 0.333 bits per heavy atom. The van der Waals surface area contributed by atoms with E-state index in [0.29, 0.717) is 5.82 Å². The molecule has 0 unspecified atom stereocenters. The molecule has 0 saturated heterocycles. The Morgan fingerprint density at radius 3 is 1.80 bits per heavy atom. The van der Waals surface area contributed by atoms with Crippen LogP contribution in [0.25, 0.3) is 99.6 Å². The van der Waals surface area contributed by atoms with Gasteiger partial charge in [0.05, 0.1) is 11.4 Å². The van der Waals surface area contributed by atoms with Crippen molar-refractivity contribution in [3.05, 3.63) is 182 Å². The van der Waals surface area contributed by atoms with E-state index < -0.39 is 0 Å². The van der Waals surface area contributed by atoms with Gasteiger partial charge in [0.15, 0.2) is 5.82 Å². The van der Waals surface area contributed by atoms with E-state index >= 15 is 0 Å². The largest absolute Gasteiger partial charge is 0.456 e. The van der Waals surface area contributed by atoms with E-state index in [1.807, 2.05) is 36.4 Å². The number of fused-ring (bicyclic) bond motifs is 5.